The van der Waals surface area contributed by atoms with E-state index in [0.717, 1.165) is 42.3 Å². The first-order valence-electron chi connectivity index (χ1n) is 8.61. The summed E-state index contributed by atoms with van der Waals surface area (Å²) in [5.41, 5.74) is 3.08. The quantitative estimate of drug-likeness (QED) is 0.736. The molecule has 4 rings (SSSR count). The molecule has 0 fully saturated rings. The van der Waals surface area contributed by atoms with E-state index in [1.54, 1.807) is 4.68 Å². The van der Waals surface area contributed by atoms with Gasteiger partial charge in [-0.2, -0.15) is 5.10 Å². The van der Waals surface area contributed by atoms with Gasteiger partial charge in [0.15, 0.2) is 0 Å². The summed E-state index contributed by atoms with van der Waals surface area (Å²) in [5, 5.41) is 4.16. The predicted molar refractivity (Wildman–Crippen MR) is 96.2 cm³/mol. The molecule has 0 aliphatic carbocycles. The first-order valence-corrected chi connectivity index (χ1v) is 8.61. The highest BCUT2D eigenvalue weighted by Crippen LogP contribution is 2.26. The van der Waals surface area contributed by atoms with Gasteiger partial charge in [0.2, 0.25) is 11.9 Å². The molecule has 0 saturated carbocycles. The molecule has 128 valence electrons. The monoisotopic (exact) mass is 335 g/mol. The van der Waals surface area contributed by atoms with Crippen molar-refractivity contribution in [2.24, 2.45) is 7.05 Å². The Morgan fingerprint density at radius 3 is 2.76 bits per heavy atom. The second-order valence-corrected chi connectivity index (χ2v) is 6.41. The van der Waals surface area contributed by atoms with Crippen molar-refractivity contribution in [3.05, 3.63) is 54.5 Å². The highest BCUT2D eigenvalue weighted by atomic mass is 16.2. The zero-order valence-corrected chi connectivity index (χ0v) is 14.3. The van der Waals surface area contributed by atoms with Gasteiger partial charge in [-0.15, -0.1) is 0 Å². The topological polar surface area (TPSA) is 56.0 Å². The number of anilines is 1. The molecule has 0 atom stereocenters. The van der Waals surface area contributed by atoms with Crippen LogP contribution in [0.15, 0.2) is 48.9 Å². The molecule has 0 bridgehead atoms. The summed E-state index contributed by atoms with van der Waals surface area (Å²) < 4.78 is 3.85. The molecule has 6 nitrogen and oxygen atoms in total. The van der Waals surface area contributed by atoms with E-state index in [1.165, 1.54) is 0 Å². The maximum Gasteiger partial charge on any atom is 0.229 e. The third-order valence-electron chi connectivity index (χ3n) is 4.53. The fourth-order valence-corrected chi connectivity index (χ4v) is 3.26. The van der Waals surface area contributed by atoms with Crippen LogP contribution in [-0.2, 0) is 24.8 Å². The Morgan fingerprint density at radius 2 is 2.00 bits per heavy atom. The van der Waals surface area contributed by atoms with Crippen LogP contribution in [0.5, 0.6) is 0 Å². The number of amides is 1. The molecular weight excluding hydrogens is 314 g/mol. The Kier molecular flexibility index (Phi) is 4.09. The van der Waals surface area contributed by atoms with Crippen LogP contribution in [0.4, 0.5) is 5.95 Å². The van der Waals surface area contributed by atoms with Gasteiger partial charge in [0.25, 0.3) is 0 Å². The van der Waals surface area contributed by atoms with Crippen LogP contribution in [0, 0.1) is 0 Å². The number of hydrogen-bond donors (Lipinski definition) is 0. The van der Waals surface area contributed by atoms with E-state index >= 15 is 0 Å². The molecule has 1 aliphatic rings. The Bertz CT molecular complexity index is 880. The number of rotatable bonds is 4. The minimum Gasteiger partial charge on any atom is -0.316 e. The Hall–Kier alpha value is -2.89. The number of aryl methyl sites for hydroxylation is 3. The standard InChI is InChI=1S/C19H21N5O/c1-22-13-15(12-20-22)8-9-18(25)24-11-5-10-23-14-17(21-19(23)24)16-6-3-2-4-7-16/h2-4,6-7,12-14H,5,8-11H2,1H3. The minimum atomic E-state index is 0.120. The fourth-order valence-electron chi connectivity index (χ4n) is 3.26. The number of aromatic nitrogens is 4. The highest BCUT2D eigenvalue weighted by molar-refractivity contribution is 5.92. The van der Waals surface area contributed by atoms with Gasteiger partial charge in [0.1, 0.15) is 0 Å². The van der Waals surface area contributed by atoms with Gasteiger partial charge >= 0.3 is 0 Å². The maximum absolute atomic E-state index is 12.7. The number of benzene rings is 1. The van der Waals surface area contributed by atoms with Gasteiger partial charge in [-0.1, -0.05) is 30.3 Å². The van der Waals surface area contributed by atoms with Crippen molar-refractivity contribution in [3.8, 4) is 11.3 Å². The van der Waals surface area contributed by atoms with E-state index in [2.05, 4.69) is 9.67 Å². The molecule has 0 spiro atoms. The summed E-state index contributed by atoms with van der Waals surface area (Å²) in [6.45, 7) is 1.64. The zero-order valence-electron chi connectivity index (χ0n) is 14.3. The molecular formula is C19H21N5O. The summed E-state index contributed by atoms with van der Waals surface area (Å²) in [5.74, 6) is 0.885. The molecule has 3 heterocycles. The second-order valence-electron chi connectivity index (χ2n) is 6.41. The summed E-state index contributed by atoms with van der Waals surface area (Å²) in [7, 11) is 1.89. The lowest BCUT2D eigenvalue weighted by Gasteiger charge is -2.27. The van der Waals surface area contributed by atoms with Crippen LogP contribution < -0.4 is 4.90 Å². The van der Waals surface area contributed by atoms with E-state index in [4.69, 9.17) is 4.98 Å². The number of carbonyl (C=O) groups excluding carboxylic acids is 1. The third kappa shape index (κ3) is 3.20. The molecule has 3 aromatic rings. The summed E-state index contributed by atoms with van der Waals surface area (Å²) in [6.07, 6.45) is 7.95. The van der Waals surface area contributed by atoms with E-state index in [9.17, 15) is 4.79 Å². The van der Waals surface area contributed by atoms with Crippen LogP contribution in [0.2, 0.25) is 0 Å². The molecule has 0 saturated heterocycles. The Morgan fingerprint density at radius 1 is 1.16 bits per heavy atom. The van der Waals surface area contributed by atoms with E-state index < -0.39 is 0 Å². The van der Waals surface area contributed by atoms with Gasteiger partial charge in [-0.05, 0) is 18.4 Å². The lowest BCUT2D eigenvalue weighted by Crippen LogP contribution is -2.37. The number of imidazole rings is 1. The SMILES string of the molecule is Cn1cc(CCC(=O)N2CCCn3cc(-c4ccccc4)nc32)cn1. The molecule has 1 aromatic carbocycles. The smallest absolute Gasteiger partial charge is 0.229 e. The van der Waals surface area contributed by atoms with Gasteiger partial charge in [-0.25, -0.2) is 4.98 Å². The number of carbonyl (C=O) groups is 1. The average molecular weight is 335 g/mol. The normalized spacial score (nSPS) is 13.7. The molecule has 1 amide bonds. The second kappa shape index (κ2) is 6.55. The first-order chi connectivity index (χ1) is 12.2. The van der Waals surface area contributed by atoms with Gasteiger partial charge in [0.05, 0.1) is 11.9 Å². The summed E-state index contributed by atoms with van der Waals surface area (Å²) in [4.78, 5) is 19.3. The molecule has 0 unspecified atom stereocenters. The van der Waals surface area contributed by atoms with Crippen molar-refractivity contribution in [1.82, 2.24) is 19.3 Å². The lowest BCUT2D eigenvalue weighted by atomic mass is 10.2. The highest BCUT2D eigenvalue weighted by Gasteiger charge is 2.25. The van der Waals surface area contributed by atoms with Gasteiger partial charge in [-0.3, -0.25) is 14.4 Å². The van der Waals surface area contributed by atoms with E-state index in [-0.39, 0.29) is 5.91 Å². The molecule has 0 radical (unpaired) electrons. The van der Waals surface area contributed by atoms with Crippen molar-refractivity contribution in [1.29, 1.82) is 0 Å². The van der Waals surface area contributed by atoms with Crippen LogP contribution in [0.25, 0.3) is 11.3 Å². The first kappa shape index (κ1) is 15.6. The van der Waals surface area contributed by atoms with E-state index in [1.807, 2.05) is 60.9 Å². The number of hydrogen-bond acceptors (Lipinski definition) is 3. The Balaban J connectivity index is 1.52. The molecule has 25 heavy (non-hydrogen) atoms. The van der Waals surface area contributed by atoms with E-state index in [0.29, 0.717) is 12.8 Å². The minimum absolute atomic E-state index is 0.120. The maximum atomic E-state index is 12.7. The van der Waals surface area contributed by atoms with Crippen LogP contribution >= 0.6 is 0 Å². The molecule has 2 aromatic heterocycles. The molecule has 0 N–H and O–H groups in total. The molecule has 6 heteroatoms. The van der Waals surface area contributed by atoms with Crippen LogP contribution in [-0.4, -0.2) is 31.8 Å². The summed E-state index contributed by atoms with van der Waals surface area (Å²) >= 11 is 0. The largest absolute Gasteiger partial charge is 0.316 e. The van der Waals surface area contributed by atoms with Gasteiger partial charge < -0.3 is 4.57 Å². The van der Waals surface area contributed by atoms with Crippen molar-refractivity contribution >= 4 is 11.9 Å². The van der Waals surface area contributed by atoms with Crippen LogP contribution in [0.3, 0.4) is 0 Å². The van der Waals surface area contributed by atoms with Crippen molar-refractivity contribution < 1.29 is 4.79 Å². The van der Waals surface area contributed by atoms with Crippen LogP contribution in [0.1, 0.15) is 18.4 Å². The number of nitrogens with zero attached hydrogens (tertiary/aromatic N) is 5. The average Bonchev–Trinajstić information content (AvgIpc) is 3.26. The van der Waals surface area contributed by atoms with Crippen molar-refractivity contribution in [3.63, 3.8) is 0 Å². The third-order valence-corrected chi connectivity index (χ3v) is 4.53. The number of fused-ring (bicyclic) bond motifs is 1. The fraction of sp³-hybridized carbons (Fsp3) is 0.316. The summed E-state index contributed by atoms with van der Waals surface area (Å²) in [6, 6.07) is 10.1. The Labute approximate surface area is 146 Å². The molecule has 1 aliphatic heterocycles. The van der Waals surface area contributed by atoms with Crippen molar-refractivity contribution in [2.75, 3.05) is 11.4 Å². The van der Waals surface area contributed by atoms with Gasteiger partial charge in [0, 0.05) is 44.5 Å². The lowest BCUT2D eigenvalue weighted by molar-refractivity contribution is -0.118. The predicted octanol–water partition coefficient (Wildman–Crippen LogP) is 2.65. The van der Waals surface area contributed by atoms with Crippen molar-refractivity contribution in [2.45, 2.75) is 25.8 Å². The zero-order chi connectivity index (χ0) is 17.2.